The number of ether oxygens (including phenoxy) is 1. The molecule has 3 N–H and O–H groups in total. The van der Waals surface area contributed by atoms with Gasteiger partial charge < -0.3 is 20.3 Å². The van der Waals surface area contributed by atoms with E-state index in [4.69, 9.17) is 4.74 Å². The highest BCUT2D eigenvalue weighted by Gasteiger charge is 2.75. The molecule has 2 bridgehead atoms. The van der Waals surface area contributed by atoms with E-state index >= 15 is 0 Å². The number of carbonyl (C=O) groups is 2. The number of phenolic OH excluding ortho intramolecular Hbond substituents is 1. The first kappa shape index (κ1) is 23.0. The summed E-state index contributed by atoms with van der Waals surface area (Å²) in [6.07, 6.45) is 1.67. The van der Waals surface area contributed by atoms with E-state index in [0.717, 1.165) is 31.0 Å². The van der Waals surface area contributed by atoms with E-state index in [1.165, 1.54) is 6.07 Å². The van der Waals surface area contributed by atoms with Gasteiger partial charge in [-0.1, -0.05) is 6.07 Å². The summed E-state index contributed by atoms with van der Waals surface area (Å²) in [4.78, 5) is 29.4. The van der Waals surface area contributed by atoms with Crippen LogP contribution in [0, 0.1) is 29.3 Å². The molecule has 2 heterocycles. The Morgan fingerprint density at radius 2 is 1.95 bits per heavy atom. The van der Waals surface area contributed by atoms with Gasteiger partial charge >= 0.3 is 0 Å². The molecule has 3 aliphatic carbocycles. The highest BCUT2D eigenvalue weighted by molar-refractivity contribution is 6.10. The third kappa shape index (κ3) is 2.91. The number of likely N-dealkylation sites (tertiary alicyclic amines) is 1. The van der Waals surface area contributed by atoms with Gasteiger partial charge in [0.25, 0.3) is 0 Å². The van der Waals surface area contributed by atoms with E-state index in [1.54, 1.807) is 0 Å². The number of aliphatic hydroxyl groups is 1. The zero-order valence-electron chi connectivity index (χ0n) is 19.8. The maximum absolute atomic E-state index is 14.3. The van der Waals surface area contributed by atoms with Crippen molar-refractivity contribution in [2.45, 2.75) is 55.3 Å². The van der Waals surface area contributed by atoms with Gasteiger partial charge in [-0.2, -0.15) is 0 Å². The monoisotopic (exact) mass is 514 g/mol. The van der Waals surface area contributed by atoms with Crippen LogP contribution in [0.1, 0.15) is 36.8 Å². The number of halogens is 3. The zero-order chi connectivity index (χ0) is 25.9. The van der Waals surface area contributed by atoms with Gasteiger partial charge in [0.1, 0.15) is 5.92 Å². The third-order valence-electron chi connectivity index (χ3n) is 9.24. The topological polar surface area (TPSA) is 99.1 Å². The molecule has 7 nitrogen and oxygen atoms in total. The summed E-state index contributed by atoms with van der Waals surface area (Å²) < 4.78 is 47.5. The van der Waals surface area contributed by atoms with Crippen LogP contribution in [0.2, 0.25) is 0 Å². The second-order valence-corrected chi connectivity index (χ2v) is 11.1. The van der Waals surface area contributed by atoms with Gasteiger partial charge in [0, 0.05) is 18.2 Å². The fourth-order valence-electron chi connectivity index (χ4n) is 7.37. The molecule has 37 heavy (non-hydrogen) atoms. The van der Waals surface area contributed by atoms with Crippen molar-refractivity contribution in [2.24, 2.45) is 11.8 Å². The Kier molecular flexibility index (Phi) is 4.66. The molecule has 0 radical (unpaired) electrons. The molecule has 3 fully saturated rings. The van der Waals surface area contributed by atoms with Crippen molar-refractivity contribution in [2.75, 3.05) is 18.4 Å². The summed E-state index contributed by atoms with van der Waals surface area (Å²) in [7, 11) is 0. The molecule has 1 unspecified atom stereocenters. The number of Topliss-reactive ketones (excluding diaryl/α,β-unsaturated/α-hetero) is 1. The normalized spacial score (nSPS) is 33.6. The fraction of sp³-hybridized carbons (Fsp3) is 0.481. The van der Waals surface area contributed by atoms with Crippen molar-refractivity contribution >= 4 is 17.4 Å². The Labute approximate surface area is 210 Å². The summed E-state index contributed by atoms with van der Waals surface area (Å²) in [5.74, 6) is -7.08. The van der Waals surface area contributed by atoms with Crippen LogP contribution in [0.15, 0.2) is 24.3 Å². The molecule has 10 heteroatoms. The molecule has 1 saturated heterocycles. The maximum Gasteiger partial charge on any atom is 0.235 e. The lowest BCUT2D eigenvalue weighted by molar-refractivity contribution is -0.197. The summed E-state index contributed by atoms with van der Waals surface area (Å²) >= 11 is 0. The number of nitrogens with one attached hydrogen (secondary N) is 1. The average molecular weight is 515 g/mol. The number of hydrogen-bond donors (Lipinski definition) is 3. The number of phenols is 1. The standard InChI is InChI=1S/C27H25F3N2O5/c28-15-4-5-16(21(30)20(15)29)31-25(35)14-10-27(36)18-9-13-3-6-17(33)23-19(13)26(27,24(37-23)22(14)34)7-8-32(18)11-12-1-2-12/h3-6,12,14,18,24,33,36H,1-2,7-11H2,(H,31,35)/t14?,18-,24+,26+,27-/m1/s1. The second kappa shape index (κ2) is 7.48. The molecular weight excluding hydrogens is 489 g/mol. The minimum Gasteiger partial charge on any atom is -0.504 e. The summed E-state index contributed by atoms with van der Waals surface area (Å²) in [5.41, 5.74) is -1.72. The van der Waals surface area contributed by atoms with E-state index in [0.29, 0.717) is 36.9 Å². The van der Waals surface area contributed by atoms with Gasteiger partial charge in [-0.15, -0.1) is 0 Å². The highest BCUT2D eigenvalue weighted by atomic mass is 19.2. The molecule has 1 amide bonds. The number of amides is 1. The predicted molar refractivity (Wildman–Crippen MR) is 124 cm³/mol. The first-order valence-electron chi connectivity index (χ1n) is 12.6. The van der Waals surface area contributed by atoms with Gasteiger partial charge in [0.05, 0.1) is 16.7 Å². The lowest BCUT2D eigenvalue weighted by Crippen LogP contribution is -2.78. The van der Waals surface area contributed by atoms with Gasteiger partial charge in [-0.25, -0.2) is 13.2 Å². The average Bonchev–Trinajstić information content (AvgIpc) is 3.61. The number of piperidine rings is 1. The number of benzene rings is 2. The minimum atomic E-state index is -1.74. The summed E-state index contributed by atoms with van der Waals surface area (Å²) in [5, 5.41) is 25.3. The molecule has 0 aromatic heterocycles. The van der Waals surface area contributed by atoms with E-state index in [9.17, 15) is 33.0 Å². The van der Waals surface area contributed by atoms with Gasteiger partial charge in [-0.05, 0) is 68.3 Å². The Balaban J connectivity index is 1.31. The molecular formula is C27H25F3N2O5. The van der Waals surface area contributed by atoms with Crippen molar-refractivity contribution in [3.8, 4) is 11.5 Å². The van der Waals surface area contributed by atoms with Crippen LogP contribution in [0.25, 0.3) is 0 Å². The lowest BCUT2D eigenvalue weighted by Gasteiger charge is -2.63. The van der Waals surface area contributed by atoms with Gasteiger partial charge in [0.2, 0.25) is 5.91 Å². The SMILES string of the molecule is O=C(Nc1ccc(F)c(F)c1F)C1C[C@@]2(O)[C@H]3Cc4ccc(O)c5c4[C@@]2(CCN3CC2CC2)[C@@H](O5)C1=O. The van der Waals surface area contributed by atoms with Crippen LogP contribution >= 0.6 is 0 Å². The van der Waals surface area contributed by atoms with Crippen molar-refractivity contribution < 1.29 is 37.7 Å². The van der Waals surface area contributed by atoms with Gasteiger partial charge in [-0.3, -0.25) is 14.5 Å². The van der Waals surface area contributed by atoms with Crippen LogP contribution in [0.4, 0.5) is 18.9 Å². The number of carbonyl (C=O) groups excluding carboxylic acids is 2. The zero-order valence-corrected chi connectivity index (χ0v) is 19.8. The van der Waals surface area contributed by atoms with Crippen LogP contribution in [-0.2, 0) is 21.4 Å². The number of ketones is 1. The molecule has 194 valence electrons. The Morgan fingerprint density at radius 1 is 1.16 bits per heavy atom. The molecule has 2 aromatic rings. The fourth-order valence-corrected chi connectivity index (χ4v) is 7.37. The smallest absolute Gasteiger partial charge is 0.235 e. The van der Waals surface area contributed by atoms with Crippen LogP contribution in [-0.4, -0.2) is 57.6 Å². The Hall–Kier alpha value is -3.11. The molecule has 7 rings (SSSR count). The molecule has 2 aliphatic heterocycles. The maximum atomic E-state index is 14.3. The number of rotatable bonds is 4. The Morgan fingerprint density at radius 3 is 2.70 bits per heavy atom. The molecule has 5 atom stereocenters. The largest absolute Gasteiger partial charge is 0.504 e. The van der Waals surface area contributed by atoms with Crippen molar-refractivity contribution in [1.82, 2.24) is 4.90 Å². The first-order valence-corrected chi connectivity index (χ1v) is 12.6. The first-order chi connectivity index (χ1) is 17.7. The Bertz CT molecular complexity index is 1380. The number of aromatic hydroxyl groups is 1. The quantitative estimate of drug-likeness (QED) is 0.429. The van der Waals surface area contributed by atoms with E-state index in [-0.39, 0.29) is 24.0 Å². The summed E-state index contributed by atoms with van der Waals surface area (Å²) in [6, 6.07) is 4.51. The summed E-state index contributed by atoms with van der Waals surface area (Å²) in [6.45, 7) is 1.45. The number of anilines is 1. The highest BCUT2D eigenvalue weighted by Crippen LogP contribution is 2.65. The number of nitrogens with zero attached hydrogens (tertiary/aromatic N) is 1. The lowest BCUT2D eigenvalue weighted by atomic mass is 9.47. The molecule has 5 aliphatic rings. The minimum absolute atomic E-state index is 0.138. The molecule has 1 spiro atoms. The van der Waals surface area contributed by atoms with E-state index in [1.807, 2.05) is 6.07 Å². The third-order valence-corrected chi connectivity index (χ3v) is 9.24. The van der Waals surface area contributed by atoms with Crippen molar-refractivity contribution in [3.05, 3.63) is 52.8 Å². The van der Waals surface area contributed by atoms with E-state index < -0.39 is 57.9 Å². The van der Waals surface area contributed by atoms with Crippen LogP contribution < -0.4 is 10.1 Å². The van der Waals surface area contributed by atoms with Gasteiger partial charge in [0.15, 0.2) is 40.8 Å². The van der Waals surface area contributed by atoms with Crippen LogP contribution in [0.5, 0.6) is 11.5 Å². The van der Waals surface area contributed by atoms with Crippen molar-refractivity contribution in [1.29, 1.82) is 0 Å². The number of hydrogen-bond acceptors (Lipinski definition) is 6. The van der Waals surface area contributed by atoms with Crippen molar-refractivity contribution in [3.63, 3.8) is 0 Å². The van der Waals surface area contributed by atoms with E-state index in [2.05, 4.69) is 10.2 Å². The molecule has 2 saturated carbocycles. The van der Waals surface area contributed by atoms with Crippen LogP contribution in [0.3, 0.4) is 0 Å². The predicted octanol–water partition coefficient (Wildman–Crippen LogP) is 2.81. The molecule has 2 aromatic carbocycles. The second-order valence-electron chi connectivity index (χ2n) is 11.1.